The van der Waals surface area contributed by atoms with Crippen LogP contribution in [0.1, 0.15) is 110 Å². The summed E-state index contributed by atoms with van der Waals surface area (Å²) in [6.45, 7) is 4.23. The maximum absolute atomic E-state index is 12.3. The van der Waals surface area contributed by atoms with Crippen LogP contribution in [0.3, 0.4) is 0 Å². The molecule has 6 aliphatic rings. The molecule has 0 aromatic heterocycles. The normalized spacial score (nSPS) is 16.4. The third-order valence-corrected chi connectivity index (χ3v) is 37.1. The van der Waals surface area contributed by atoms with E-state index in [1.165, 1.54) is 233 Å². The Bertz CT molecular complexity index is 4940. The number of benzene rings is 12. The summed E-state index contributed by atoms with van der Waals surface area (Å²) in [5.74, 6) is 20.0. The predicted octanol–water partition coefficient (Wildman–Crippen LogP) is 24.0. The SMILES string of the molecule is CCCCOc1ccc([S+]2CCCC2)c2ccccc12.COCCOc1ccc([S+]2CCCC2)c2ccccc12.COCCOc1ccc([S+]2CCCCC2)c2ccccc12.FC(F)(F)COc1ccc([S+]2CCCC2)c2ccccc12.Oc1ccc([S+]2CCCC2)c2ccccc12.Oc1ccc([S+]2CCCCC2)c2ccccc12. The lowest BCUT2D eigenvalue weighted by molar-refractivity contribution is -0.153. The van der Waals surface area contributed by atoms with Crippen LogP contribution in [0.15, 0.2) is 248 Å². The molecule has 0 amide bonds. The zero-order valence-corrected chi connectivity index (χ0v) is 72.2. The average Bonchev–Trinajstić information content (AvgIpc) is 1.46. The van der Waals surface area contributed by atoms with Gasteiger partial charge in [-0.1, -0.05) is 123 Å². The van der Waals surface area contributed by atoms with Crippen molar-refractivity contribution in [1.29, 1.82) is 0 Å². The molecule has 2 N–H and O–H groups in total. The van der Waals surface area contributed by atoms with Crippen LogP contribution in [0.5, 0.6) is 34.5 Å². The number of rotatable bonds is 20. The fraction of sp³-hybridized carbons (Fsp3) is 0.388. The van der Waals surface area contributed by atoms with Gasteiger partial charge in [-0.15, -0.1) is 0 Å². The first-order valence-electron chi connectivity index (χ1n) is 41.6. The van der Waals surface area contributed by atoms with Crippen molar-refractivity contribution < 1.29 is 51.8 Å². The molecule has 6 saturated heterocycles. The Morgan fingerprint density at radius 2 is 0.478 bits per heavy atom. The molecule has 18 rings (SSSR count). The number of unbranched alkanes of at least 4 members (excludes halogenated alkanes) is 1. The summed E-state index contributed by atoms with van der Waals surface area (Å²) < 4.78 is 69.9. The summed E-state index contributed by atoms with van der Waals surface area (Å²) in [5, 5.41) is 34.0. The van der Waals surface area contributed by atoms with Gasteiger partial charge in [0.05, 0.1) is 19.8 Å². The topological polar surface area (TPSA) is 95.8 Å². The molecule has 6 heterocycles. The molecule has 0 saturated carbocycles. The summed E-state index contributed by atoms with van der Waals surface area (Å²) >= 11 is 0. The van der Waals surface area contributed by atoms with Crippen molar-refractivity contribution in [3.05, 3.63) is 218 Å². The van der Waals surface area contributed by atoms with E-state index in [2.05, 4.69) is 153 Å². The van der Waals surface area contributed by atoms with Crippen molar-refractivity contribution in [2.24, 2.45) is 0 Å². The Kier molecular flexibility index (Phi) is 32.8. The van der Waals surface area contributed by atoms with Crippen LogP contribution in [0.25, 0.3) is 64.6 Å². The van der Waals surface area contributed by atoms with E-state index >= 15 is 0 Å². The maximum Gasteiger partial charge on any atom is 0.422 e. The van der Waals surface area contributed by atoms with E-state index in [9.17, 15) is 23.4 Å². The van der Waals surface area contributed by atoms with Crippen molar-refractivity contribution >= 4 is 130 Å². The monoisotopic (exact) mass is 1670 g/mol. The molecule has 12 aromatic carbocycles. The second-order valence-electron chi connectivity index (χ2n) is 29.8. The molecule has 0 aliphatic carbocycles. The minimum atomic E-state index is -4.31. The Morgan fingerprint density at radius 1 is 0.261 bits per heavy atom. The smallest absolute Gasteiger partial charge is 0.422 e. The van der Waals surface area contributed by atoms with Crippen LogP contribution in [0.2, 0.25) is 0 Å². The molecule has 0 bridgehead atoms. The highest BCUT2D eigenvalue weighted by Crippen LogP contribution is 2.42. The van der Waals surface area contributed by atoms with Crippen molar-refractivity contribution in [3.63, 3.8) is 0 Å². The number of hydrogen-bond acceptors (Lipinski definition) is 8. The van der Waals surface area contributed by atoms with Crippen molar-refractivity contribution in [3.8, 4) is 34.5 Å². The van der Waals surface area contributed by atoms with Gasteiger partial charge in [0.25, 0.3) is 0 Å². The van der Waals surface area contributed by atoms with E-state index in [4.69, 9.17) is 28.4 Å². The first-order valence-corrected chi connectivity index (χ1v) is 50.9. The molecule has 606 valence electrons. The third kappa shape index (κ3) is 23.0. The summed E-state index contributed by atoms with van der Waals surface area (Å²) in [7, 11) is 5.77. The molecule has 6 aliphatic heterocycles. The van der Waals surface area contributed by atoms with Gasteiger partial charge < -0.3 is 38.6 Å². The molecule has 17 heteroatoms. The number of methoxy groups -OCH3 is 2. The lowest BCUT2D eigenvalue weighted by Crippen LogP contribution is -2.19. The minimum absolute atomic E-state index is 0.228. The summed E-state index contributed by atoms with van der Waals surface area (Å²) in [4.78, 5) is 8.79. The Labute approximate surface area is 697 Å². The zero-order chi connectivity index (χ0) is 79.6. The van der Waals surface area contributed by atoms with Gasteiger partial charge >= 0.3 is 6.18 Å². The highest BCUT2D eigenvalue weighted by Gasteiger charge is 2.35. The molecule has 0 atom stereocenters. The summed E-state index contributed by atoms with van der Waals surface area (Å²) in [6.07, 6.45) is 17.0. The van der Waals surface area contributed by atoms with Gasteiger partial charge in [-0.2, -0.15) is 13.2 Å². The van der Waals surface area contributed by atoms with Crippen LogP contribution in [-0.2, 0) is 74.8 Å². The molecule has 6 fully saturated rings. The van der Waals surface area contributed by atoms with Crippen molar-refractivity contribution in [2.75, 3.05) is 123 Å². The fourth-order valence-corrected chi connectivity index (χ4v) is 31.0. The van der Waals surface area contributed by atoms with Gasteiger partial charge in [0.1, 0.15) is 117 Å². The quantitative estimate of drug-likeness (QED) is 0.0576. The molecular weight excluding hydrogens is 1550 g/mol. The highest BCUT2D eigenvalue weighted by atomic mass is 32.2. The molecule has 12 aromatic rings. The van der Waals surface area contributed by atoms with E-state index < -0.39 is 12.8 Å². The second-order valence-corrected chi connectivity index (χ2v) is 43.3. The minimum Gasteiger partial charge on any atom is -0.507 e. The van der Waals surface area contributed by atoms with Gasteiger partial charge in [-0.05, 0) is 206 Å². The Hall–Kier alpha value is -7.19. The lowest BCUT2D eigenvalue weighted by Gasteiger charge is -2.16. The number of halogens is 3. The van der Waals surface area contributed by atoms with E-state index in [1.54, 1.807) is 25.2 Å². The maximum atomic E-state index is 12.3. The predicted molar refractivity (Wildman–Crippen MR) is 491 cm³/mol. The Balaban J connectivity index is 0.000000120. The highest BCUT2D eigenvalue weighted by molar-refractivity contribution is 7.98. The van der Waals surface area contributed by atoms with Crippen LogP contribution < -0.4 is 18.9 Å². The van der Waals surface area contributed by atoms with Crippen molar-refractivity contribution in [2.45, 2.75) is 145 Å². The summed E-state index contributed by atoms with van der Waals surface area (Å²) in [6, 6.07) is 75.0. The lowest BCUT2D eigenvalue weighted by atomic mass is 10.1. The van der Waals surface area contributed by atoms with Crippen LogP contribution >= 0.6 is 0 Å². The molecule has 115 heavy (non-hydrogen) atoms. The van der Waals surface area contributed by atoms with Crippen molar-refractivity contribution in [1.82, 2.24) is 0 Å². The molecule has 0 unspecified atom stereocenters. The number of phenolic OH excluding ortho intramolecular Hbond substituents is 2. The van der Waals surface area contributed by atoms with E-state index in [-0.39, 0.29) is 10.9 Å². The van der Waals surface area contributed by atoms with Gasteiger partial charge in [0.2, 0.25) is 0 Å². The Morgan fingerprint density at radius 3 is 0.730 bits per heavy atom. The van der Waals surface area contributed by atoms with Crippen LogP contribution in [0, 0.1) is 0 Å². The number of aromatic hydroxyl groups is 2. The molecule has 0 radical (unpaired) electrons. The zero-order valence-electron chi connectivity index (χ0n) is 67.3. The third-order valence-electron chi connectivity index (χ3n) is 21.9. The average molecular weight is 1670 g/mol. The van der Waals surface area contributed by atoms with Gasteiger partial charge in [-0.3, -0.25) is 0 Å². The van der Waals surface area contributed by atoms with Gasteiger partial charge in [-0.25, -0.2) is 0 Å². The number of phenols is 2. The first kappa shape index (κ1) is 85.7. The van der Waals surface area contributed by atoms with E-state index in [1.807, 2.05) is 66.7 Å². The summed E-state index contributed by atoms with van der Waals surface area (Å²) in [5.41, 5.74) is 0. The molecule has 8 nitrogen and oxygen atoms in total. The number of fused-ring (bicyclic) bond motifs is 6. The van der Waals surface area contributed by atoms with E-state index in [0.717, 1.165) is 51.8 Å². The fourth-order valence-electron chi connectivity index (χ4n) is 16.1. The largest absolute Gasteiger partial charge is 0.507 e. The molecule has 0 spiro atoms. The number of ether oxygens (including phenoxy) is 6. The van der Waals surface area contributed by atoms with Crippen LogP contribution in [-0.4, -0.2) is 139 Å². The number of hydrogen-bond donors (Lipinski definition) is 2. The second kappa shape index (κ2) is 44.0. The van der Waals surface area contributed by atoms with E-state index in [0.29, 0.717) is 98.2 Å². The number of alkyl halides is 3. The molecular formula is C98H115F3O8S6+6. The van der Waals surface area contributed by atoms with Gasteiger partial charge in [0, 0.05) is 144 Å². The van der Waals surface area contributed by atoms with Crippen LogP contribution in [0.4, 0.5) is 13.2 Å². The van der Waals surface area contributed by atoms with Gasteiger partial charge in [0.15, 0.2) is 36.0 Å². The first-order chi connectivity index (χ1) is 56.5. The standard InChI is InChI=1S/C18H23O2S.C18H23OS.C17H21O2S.C16H16F3OS.C15H16OS.C14H14OS/c1-19-11-12-20-17-9-10-18(21-13-5-2-6-14-21)16-8-4-3-7-15(16)17;1-2-3-12-19-17-10-11-18(20-13-6-7-14-20)16-9-5-4-8-15(16)17;1-18-10-11-19-16-8-9-17(20-12-4-5-13-20)15-7-3-2-6-14(15)16;17-16(18,19)11-20-14-7-8-15(21-9-3-4-10-21)13-6-2-1-5-12(13)14;16-14-8-9-15(17-10-4-1-5-11-17)13-7-3-2-6-12(13)14;15-13-7-8-14(16-9-3-4-10-16)12-6-2-1-5-11(12)13/h3-4,7-10H,2,5-6,11-14H2,1H3;4-5,8-11H,2-3,6-7,12-14H2,1H3;2-3,6-9H,4-5,10-13H2,1H3;1-2,5-8H,3-4,9-11H2;2-3,6-9H,1,4-5,10-11H2;1-2,5-8H,3-4,9-10H2/q4*+1;;/p+2.